The van der Waals surface area contributed by atoms with Gasteiger partial charge in [0.1, 0.15) is 0 Å². The van der Waals surface area contributed by atoms with Crippen LogP contribution >= 0.6 is 0 Å². The molecule has 0 unspecified atom stereocenters. The molecule has 0 saturated heterocycles. The van der Waals surface area contributed by atoms with Crippen LogP contribution < -0.4 is 5.43 Å². The van der Waals surface area contributed by atoms with Crippen molar-refractivity contribution in [2.75, 3.05) is 14.1 Å². The largest absolute Gasteiger partial charge is 0.289 e. The van der Waals surface area contributed by atoms with Crippen LogP contribution in [-0.4, -0.2) is 25.0 Å². The maximum absolute atomic E-state index is 11.4. The number of hydrogen-bond acceptors (Lipinski definition) is 2. The van der Waals surface area contributed by atoms with Crippen molar-refractivity contribution in [2.45, 2.75) is 39.0 Å². The molecular formula is C15H24N2O. The fourth-order valence-electron chi connectivity index (χ4n) is 1.83. The molecule has 0 aliphatic heterocycles. The summed E-state index contributed by atoms with van der Waals surface area (Å²) in [6.07, 6.45) is 2.42. The number of benzene rings is 1. The Morgan fingerprint density at radius 3 is 2.33 bits per heavy atom. The van der Waals surface area contributed by atoms with E-state index in [-0.39, 0.29) is 5.91 Å². The van der Waals surface area contributed by atoms with Crippen molar-refractivity contribution in [2.24, 2.45) is 0 Å². The Hall–Kier alpha value is -1.35. The highest BCUT2D eigenvalue weighted by atomic mass is 16.2. The van der Waals surface area contributed by atoms with Gasteiger partial charge in [0.2, 0.25) is 5.91 Å². The molecule has 1 rings (SSSR count). The standard InChI is InChI=1S/C15H24N2O/c1-12(2)14-10-8-13(9-11-14)6-5-7-15(18)16-17(3)4/h8-12H,5-7H2,1-4H3,(H,16,18). The number of hydrazine groups is 1. The highest BCUT2D eigenvalue weighted by Crippen LogP contribution is 2.15. The van der Waals surface area contributed by atoms with Gasteiger partial charge < -0.3 is 0 Å². The van der Waals surface area contributed by atoms with E-state index in [0.29, 0.717) is 12.3 Å². The molecule has 0 atom stereocenters. The van der Waals surface area contributed by atoms with Gasteiger partial charge in [-0.15, -0.1) is 0 Å². The number of hydrogen-bond donors (Lipinski definition) is 1. The maximum Gasteiger partial charge on any atom is 0.234 e. The zero-order valence-corrected chi connectivity index (χ0v) is 11.9. The summed E-state index contributed by atoms with van der Waals surface area (Å²) in [5.74, 6) is 0.656. The average molecular weight is 248 g/mol. The summed E-state index contributed by atoms with van der Waals surface area (Å²) in [4.78, 5) is 11.4. The number of carbonyl (C=O) groups excluding carboxylic acids is 1. The van der Waals surface area contributed by atoms with Crippen LogP contribution in [0.4, 0.5) is 0 Å². The third kappa shape index (κ3) is 5.32. The number of amides is 1. The number of carbonyl (C=O) groups is 1. The highest BCUT2D eigenvalue weighted by Gasteiger charge is 2.03. The van der Waals surface area contributed by atoms with Crippen LogP contribution in [0.1, 0.15) is 43.7 Å². The van der Waals surface area contributed by atoms with Crippen molar-refractivity contribution in [3.8, 4) is 0 Å². The minimum atomic E-state index is 0.0822. The van der Waals surface area contributed by atoms with Crippen LogP contribution in [0.5, 0.6) is 0 Å². The quantitative estimate of drug-likeness (QED) is 0.785. The van der Waals surface area contributed by atoms with Gasteiger partial charge in [0.15, 0.2) is 0 Å². The fraction of sp³-hybridized carbons (Fsp3) is 0.533. The summed E-state index contributed by atoms with van der Waals surface area (Å²) in [6.45, 7) is 4.39. The number of nitrogens with zero attached hydrogens (tertiary/aromatic N) is 1. The van der Waals surface area contributed by atoms with Crippen LogP contribution in [0.15, 0.2) is 24.3 Å². The van der Waals surface area contributed by atoms with Crippen molar-refractivity contribution >= 4 is 5.91 Å². The first-order valence-corrected chi connectivity index (χ1v) is 6.54. The van der Waals surface area contributed by atoms with E-state index in [1.807, 2.05) is 14.1 Å². The Kier molecular flexibility index (Phi) is 5.86. The normalized spacial score (nSPS) is 11.0. The maximum atomic E-state index is 11.4. The number of aryl methyl sites for hydroxylation is 1. The van der Waals surface area contributed by atoms with E-state index < -0.39 is 0 Å². The monoisotopic (exact) mass is 248 g/mol. The second-order valence-electron chi connectivity index (χ2n) is 5.18. The molecule has 0 spiro atoms. The molecule has 3 nitrogen and oxygen atoms in total. The molecule has 0 aliphatic carbocycles. The summed E-state index contributed by atoms with van der Waals surface area (Å²) in [5.41, 5.74) is 5.42. The Morgan fingerprint density at radius 1 is 1.22 bits per heavy atom. The first-order chi connectivity index (χ1) is 8.49. The molecule has 1 aromatic rings. The summed E-state index contributed by atoms with van der Waals surface area (Å²) in [7, 11) is 3.64. The molecule has 0 aliphatic rings. The van der Waals surface area contributed by atoms with E-state index in [9.17, 15) is 4.79 Å². The van der Waals surface area contributed by atoms with Gasteiger partial charge in [-0.2, -0.15) is 0 Å². The Labute approximate surface area is 110 Å². The molecule has 0 bridgehead atoms. The SMILES string of the molecule is CC(C)c1ccc(CCCC(=O)NN(C)C)cc1. The zero-order chi connectivity index (χ0) is 13.5. The molecule has 1 aromatic carbocycles. The second kappa shape index (κ2) is 7.17. The molecule has 100 valence electrons. The molecular weight excluding hydrogens is 224 g/mol. The summed E-state index contributed by atoms with van der Waals surface area (Å²) >= 11 is 0. The van der Waals surface area contributed by atoms with Gasteiger partial charge in [-0.3, -0.25) is 10.2 Å². The van der Waals surface area contributed by atoms with E-state index in [2.05, 4.69) is 43.5 Å². The first kappa shape index (κ1) is 14.7. The highest BCUT2D eigenvalue weighted by molar-refractivity contribution is 5.75. The van der Waals surface area contributed by atoms with Gasteiger partial charge in [-0.05, 0) is 29.9 Å². The van der Waals surface area contributed by atoms with E-state index >= 15 is 0 Å². The predicted molar refractivity (Wildman–Crippen MR) is 75.3 cm³/mol. The van der Waals surface area contributed by atoms with Gasteiger partial charge in [-0.25, -0.2) is 5.01 Å². The van der Waals surface area contributed by atoms with Gasteiger partial charge in [0.25, 0.3) is 0 Å². The minimum Gasteiger partial charge on any atom is -0.289 e. The topological polar surface area (TPSA) is 32.3 Å². The number of nitrogens with one attached hydrogen (secondary N) is 1. The predicted octanol–water partition coefficient (Wildman–Crippen LogP) is 2.73. The third-order valence-electron chi connectivity index (χ3n) is 2.86. The van der Waals surface area contributed by atoms with Gasteiger partial charge >= 0.3 is 0 Å². The van der Waals surface area contributed by atoms with E-state index in [4.69, 9.17) is 0 Å². The molecule has 1 amide bonds. The lowest BCUT2D eigenvalue weighted by molar-refractivity contribution is -0.124. The molecule has 0 fully saturated rings. The molecule has 0 radical (unpaired) electrons. The van der Waals surface area contributed by atoms with Crippen LogP contribution in [0.25, 0.3) is 0 Å². The van der Waals surface area contributed by atoms with Crippen molar-refractivity contribution in [1.29, 1.82) is 0 Å². The van der Waals surface area contributed by atoms with Gasteiger partial charge in [-0.1, -0.05) is 38.1 Å². The first-order valence-electron chi connectivity index (χ1n) is 6.54. The molecule has 18 heavy (non-hydrogen) atoms. The summed E-state index contributed by atoms with van der Waals surface area (Å²) < 4.78 is 0. The van der Waals surface area contributed by atoms with Crippen LogP contribution in [0.3, 0.4) is 0 Å². The molecule has 3 heteroatoms. The zero-order valence-electron chi connectivity index (χ0n) is 11.9. The lowest BCUT2D eigenvalue weighted by Crippen LogP contribution is -2.35. The lowest BCUT2D eigenvalue weighted by atomic mass is 10.00. The molecule has 0 saturated carbocycles. The van der Waals surface area contributed by atoms with Gasteiger partial charge in [0.05, 0.1) is 0 Å². The number of rotatable bonds is 6. The van der Waals surface area contributed by atoms with Gasteiger partial charge in [0, 0.05) is 20.5 Å². The Morgan fingerprint density at radius 2 is 1.83 bits per heavy atom. The van der Waals surface area contributed by atoms with Crippen molar-refractivity contribution in [3.63, 3.8) is 0 Å². The van der Waals surface area contributed by atoms with E-state index in [0.717, 1.165) is 12.8 Å². The van der Waals surface area contributed by atoms with Crippen molar-refractivity contribution < 1.29 is 4.79 Å². The molecule has 0 aromatic heterocycles. The third-order valence-corrected chi connectivity index (χ3v) is 2.86. The molecule has 0 heterocycles. The smallest absolute Gasteiger partial charge is 0.234 e. The van der Waals surface area contributed by atoms with Crippen molar-refractivity contribution in [3.05, 3.63) is 35.4 Å². The lowest BCUT2D eigenvalue weighted by Gasteiger charge is -2.11. The Bertz CT molecular complexity index is 369. The summed E-state index contributed by atoms with van der Waals surface area (Å²) in [5, 5.41) is 1.68. The summed E-state index contributed by atoms with van der Waals surface area (Å²) in [6, 6.07) is 8.69. The second-order valence-corrected chi connectivity index (χ2v) is 5.18. The van der Waals surface area contributed by atoms with Crippen molar-refractivity contribution in [1.82, 2.24) is 10.4 Å². The van der Waals surface area contributed by atoms with Crippen LogP contribution in [-0.2, 0) is 11.2 Å². The van der Waals surface area contributed by atoms with Crippen LogP contribution in [0, 0.1) is 0 Å². The van der Waals surface area contributed by atoms with E-state index in [1.165, 1.54) is 11.1 Å². The minimum absolute atomic E-state index is 0.0822. The fourth-order valence-corrected chi connectivity index (χ4v) is 1.83. The average Bonchev–Trinajstić information content (AvgIpc) is 2.28. The van der Waals surface area contributed by atoms with Crippen LogP contribution in [0.2, 0.25) is 0 Å². The van der Waals surface area contributed by atoms with E-state index in [1.54, 1.807) is 5.01 Å². The Balaban J connectivity index is 2.33. The molecule has 1 N–H and O–H groups in total.